The predicted molar refractivity (Wildman–Crippen MR) is 123 cm³/mol. The molecule has 2 N–H and O–H groups in total. The van der Waals surface area contributed by atoms with Gasteiger partial charge < -0.3 is 14.5 Å². The number of ether oxygens (including phenoxy) is 2. The maximum atomic E-state index is 12.7. The summed E-state index contributed by atoms with van der Waals surface area (Å²) >= 11 is 0. The van der Waals surface area contributed by atoms with E-state index in [4.69, 9.17) is 9.47 Å². The first-order valence-corrected chi connectivity index (χ1v) is 11.8. The van der Waals surface area contributed by atoms with Crippen LogP contribution in [0.25, 0.3) is 6.08 Å². The van der Waals surface area contributed by atoms with Gasteiger partial charge in [-0.2, -0.15) is 0 Å². The summed E-state index contributed by atoms with van der Waals surface area (Å²) in [5.74, 6) is -2.03. The summed E-state index contributed by atoms with van der Waals surface area (Å²) in [6, 6.07) is 7.22. The molecule has 0 fully saturated rings. The average Bonchev–Trinajstić information content (AvgIpc) is 3.05. The molecule has 1 unspecified atom stereocenters. The molecule has 1 atom stereocenters. The molecule has 0 saturated carbocycles. The third-order valence-corrected chi connectivity index (χ3v) is 5.82. The third kappa shape index (κ3) is 7.13. The van der Waals surface area contributed by atoms with E-state index in [2.05, 4.69) is 9.71 Å². The van der Waals surface area contributed by atoms with Crippen LogP contribution in [0.4, 0.5) is 0 Å². The van der Waals surface area contributed by atoms with Gasteiger partial charge in [-0.3, -0.25) is 9.59 Å². The minimum atomic E-state index is -3.89. The maximum Gasteiger partial charge on any atom is 0.340 e. The number of Topliss-reactive ketones (excluding diaryl/α,β-unsaturated/α-hetero) is 1. The molecule has 0 aliphatic carbocycles. The van der Waals surface area contributed by atoms with Crippen molar-refractivity contribution >= 4 is 33.8 Å². The lowest BCUT2D eigenvalue weighted by Gasteiger charge is -2.12. The summed E-state index contributed by atoms with van der Waals surface area (Å²) < 4.78 is 36.4. The van der Waals surface area contributed by atoms with Gasteiger partial charge in [0.2, 0.25) is 15.8 Å². The van der Waals surface area contributed by atoms with E-state index in [9.17, 15) is 22.8 Å². The number of aromatic nitrogens is 1. The topological polar surface area (TPSA) is 132 Å². The molecule has 0 aliphatic heterocycles. The normalized spacial score (nSPS) is 12.5. The van der Waals surface area contributed by atoms with Crippen LogP contribution in [0, 0.1) is 20.8 Å². The van der Waals surface area contributed by atoms with E-state index in [0.29, 0.717) is 16.8 Å². The SMILES string of the molecule is CCOC(=O)c1c(C)[nH]c(C(=O)C(C)OC(=O)CNS(=O)(=O)/C=C/c2ccc(C)cc2)c1C. The zero-order chi connectivity index (χ0) is 24.8. The molecule has 1 aromatic carbocycles. The predicted octanol–water partition coefficient (Wildman–Crippen LogP) is 2.82. The van der Waals surface area contributed by atoms with Crippen LogP contribution in [0.2, 0.25) is 0 Å². The van der Waals surface area contributed by atoms with Gasteiger partial charge in [-0.1, -0.05) is 29.8 Å². The van der Waals surface area contributed by atoms with Crippen LogP contribution < -0.4 is 4.72 Å². The monoisotopic (exact) mass is 476 g/mol. The fraction of sp³-hybridized carbons (Fsp3) is 0.348. The van der Waals surface area contributed by atoms with Gasteiger partial charge in [-0.15, -0.1) is 0 Å². The number of aromatic amines is 1. The summed E-state index contributed by atoms with van der Waals surface area (Å²) in [7, 11) is -3.89. The van der Waals surface area contributed by atoms with Crippen molar-refractivity contribution in [1.29, 1.82) is 0 Å². The number of esters is 2. The molecule has 33 heavy (non-hydrogen) atoms. The molecule has 10 heteroatoms. The van der Waals surface area contributed by atoms with Gasteiger partial charge >= 0.3 is 11.9 Å². The Kier molecular flexibility index (Phi) is 8.72. The van der Waals surface area contributed by atoms with Crippen LogP contribution in [0.3, 0.4) is 0 Å². The van der Waals surface area contributed by atoms with E-state index < -0.39 is 40.4 Å². The van der Waals surface area contributed by atoms with Gasteiger partial charge in [-0.05, 0) is 51.8 Å². The van der Waals surface area contributed by atoms with Gasteiger partial charge in [0.15, 0.2) is 6.10 Å². The summed E-state index contributed by atoms with van der Waals surface area (Å²) in [6.07, 6.45) is 0.202. The Balaban J connectivity index is 1.97. The molecule has 2 aromatic rings. The van der Waals surface area contributed by atoms with Gasteiger partial charge in [0.1, 0.15) is 6.54 Å². The number of nitrogens with one attached hydrogen (secondary N) is 2. The fourth-order valence-corrected chi connectivity index (χ4v) is 3.81. The van der Waals surface area contributed by atoms with Crippen molar-refractivity contribution in [1.82, 2.24) is 9.71 Å². The fourth-order valence-electron chi connectivity index (χ4n) is 3.05. The Morgan fingerprint density at radius 3 is 2.36 bits per heavy atom. The van der Waals surface area contributed by atoms with Crippen LogP contribution in [-0.4, -0.2) is 50.4 Å². The van der Waals surface area contributed by atoms with Crippen LogP contribution in [0.5, 0.6) is 0 Å². The van der Waals surface area contributed by atoms with E-state index in [-0.39, 0.29) is 17.9 Å². The van der Waals surface area contributed by atoms with Crippen molar-refractivity contribution in [3.63, 3.8) is 0 Å². The average molecular weight is 477 g/mol. The number of ketones is 1. The number of rotatable bonds is 10. The quantitative estimate of drug-likeness (QED) is 0.398. The molecule has 0 saturated heterocycles. The van der Waals surface area contributed by atoms with Crippen LogP contribution in [0.1, 0.15) is 57.1 Å². The van der Waals surface area contributed by atoms with Gasteiger partial charge in [-0.25, -0.2) is 17.9 Å². The summed E-state index contributed by atoms with van der Waals surface area (Å²) in [6.45, 7) is 7.73. The lowest BCUT2D eigenvalue weighted by atomic mass is 10.1. The highest BCUT2D eigenvalue weighted by atomic mass is 32.2. The second-order valence-corrected chi connectivity index (χ2v) is 9.07. The zero-order valence-electron chi connectivity index (χ0n) is 19.2. The zero-order valence-corrected chi connectivity index (χ0v) is 20.0. The molecule has 0 aliphatic rings. The molecular weight excluding hydrogens is 448 g/mol. The van der Waals surface area contributed by atoms with Crippen molar-refractivity contribution in [2.24, 2.45) is 0 Å². The number of hydrogen-bond donors (Lipinski definition) is 2. The van der Waals surface area contributed by atoms with Gasteiger partial charge in [0.25, 0.3) is 0 Å². The van der Waals surface area contributed by atoms with E-state index in [1.165, 1.54) is 13.0 Å². The highest BCUT2D eigenvalue weighted by Gasteiger charge is 2.27. The molecule has 2 rings (SSSR count). The largest absolute Gasteiger partial charge is 0.462 e. The summed E-state index contributed by atoms with van der Waals surface area (Å²) in [4.78, 5) is 39.7. The van der Waals surface area contributed by atoms with Crippen molar-refractivity contribution in [3.8, 4) is 0 Å². The Morgan fingerprint density at radius 2 is 1.76 bits per heavy atom. The van der Waals surface area contributed by atoms with Crippen molar-refractivity contribution in [3.05, 3.63) is 63.3 Å². The number of benzene rings is 1. The smallest absolute Gasteiger partial charge is 0.340 e. The Morgan fingerprint density at radius 1 is 1.12 bits per heavy atom. The number of carbonyl (C=O) groups excluding carboxylic acids is 3. The number of carbonyl (C=O) groups is 3. The minimum Gasteiger partial charge on any atom is -0.462 e. The molecule has 178 valence electrons. The van der Waals surface area contributed by atoms with Crippen molar-refractivity contribution in [2.45, 2.75) is 40.7 Å². The second kappa shape index (κ2) is 11.1. The molecule has 0 spiro atoms. The number of aryl methyl sites for hydroxylation is 2. The third-order valence-electron chi connectivity index (χ3n) is 4.78. The molecule has 1 aromatic heterocycles. The van der Waals surface area contributed by atoms with E-state index in [1.807, 2.05) is 19.1 Å². The molecular formula is C23H28N2O7S. The standard InChI is InChI=1S/C23H28N2O7S/c1-6-31-23(28)20-15(3)21(25-16(20)4)22(27)17(5)32-19(26)13-24-33(29,30)12-11-18-9-7-14(2)8-10-18/h7-12,17,24-25H,6,13H2,1-5H3/b12-11+. The molecule has 0 radical (unpaired) electrons. The van der Waals surface area contributed by atoms with Crippen LogP contribution in [-0.2, 0) is 24.3 Å². The van der Waals surface area contributed by atoms with E-state index >= 15 is 0 Å². The van der Waals surface area contributed by atoms with E-state index in [1.54, 1.807) is 32.9 Å². The lowest BCUT2D eigenvalue weighted by molar-refractivity contribution is -0.144. The number of hydrogen-bond acceptors (Lipinski definition) is 7. The van der Waals surface area contributed by atoms with Crippen molar-refractivity contribution < 1.29 is 32.3 Å². The first-order chi connectivity index (χ1) is 15.4. The summed E-state index contributed by atoms with van der Waals surface area (Å²) in [5.41, 5.74) is 2.96. The number of H-pyrrole nitrogens is 1. The van der Waals surface area contributed by atoms with Gasteiger partial charge in [0, 0.05) is 11.1 Å². The first kappa shape index (κ1) is 26.0. The maximum absolute atomic E-state index is 12.7. The lowest BCUT2D eigenvalue weighted by Crippen LogP contribution is -2.33. The molecule has 0 bridgehead atoms. The Hall–Kier alpha value is -3.24. The Bertz CT molecular complexity index is 1160. The second-order valence-electron chi connectivity index (χ2n) is 7.42. The van der Waals surface area contributed by atoms with Crippen LogP contribution >= 0.6 is 0 Å². The molecule has 1 heterocycles. The molecule has 0 amide bonds. The molecule has 9 nitrogen and oxygen atoms in total. The number of sulfonamides is 1. The van der Waals surface area contributed by atoms with Gasteiger partial charge in [0.05, 0.1) is 17.9 Å². The Labute approximate surface area is 193 Å². The van der Waals surface area contributed by atoms with Crippen LogP contribution in [0.15, 0.2) is 29.7 Å². The highest BCUT2D eigenvalue weighted by Crippen LogP contribution is 2.21. The van der Waals surface area contributed by atoms with E-state index in [0.717, 1.165) is 11.0 Å². The summed E-state index contributed by atoms with van der Waals surface area (Å²) in [5, 5.41) is 0.946. The van der Waals surface area contributed by atoms with Crippen molar-refractivity contribution in [2.75, 3.05) is 13.2 Å². The highest BCUT2D eigenvalue weighted by molar-refractivity contribution is 7.92. The first-order valence-electron chi connectivity index (χ1n) is 10.3. The minimum absolute atomic E-state index is 0.123.